The zero-order chi connectivity index (χ0) is 22.6. The van der Waals surface area contributed by atoms with Gasteiger partial charge in [-0.15, -0.1) is 0 Å². The summed E-state index contributed by atoms with van der Waals surface area (Å²) < 4.78 is 45.6. The largest absolute Gasteiger partial charge is 0.496 e. The fraction of sp³-hybridized carbons (Fsp3) is 0.280. The Morgan fingerprint density at radius 1 is 1.03 bits per heavy atom. The molecule has 0 saturated carbocycles. The highest BCUT2D eigenvalue weighted by atomic mass is 19.4. The van der Waals surface area contributed by atoms with Gasteiger partial charge in [0.2, 0.25) is 0 Å². The van der Waals surface area contributed by atoms with E-state index in [9.17, 15) is 18.3 Å². The van der Waals surface area contributed by atoms with Gasteiger partial charge in [-0.3, -0.25) is 4.98 Å². The number of halogens is 3. The summed E-state index contributed by atoms with van der Waals surface area (Å²) in [5.41, 5.74) is 2.47. The fourth-order valence-corrected chi connectivity index (χ4v) is 3.38. The lowest BCUT2D eigenvalue weighted by atomic mass is 9.90. The summed E-state index contributed by atoms with van der Waals surface area (Å²) >= 11 is 0. The lowest BCUT2D eigenvalue weighted by Gasteiger charge is -2.18. The predicted molar refractivity (Wildman–Crippen MR) is 115 cm³/mol. The second-order valence-corrected chi connectivity index (χ2v) is 7.62. The summed E-state index contributed by atoms with van der Waals surface area (Å²) in [5, 5.41) is 10.4. The predicted octanol–water partition coefficient (Wildman–Crippen LogP) is 6.58. The normalized spacial score (nSPS) is 12.8. The number of aliphatic hydroxyl groups is 1. The van der Waals surface area contributed by atoms with Crippen molar-refractivity contribution in [2.45, 2.75) is 38.5 Å². The Labute approximate surface area is 180 Å². The Hall–Kier alpha value is -2.86. The first-order valence-electron chi connectivity index (χ1n) is 10.0. The van der Waals surface area contributed by atoms with Gasteiger partial charge in [-0.1, -0.05) is 32.0 Å². The maximum Gasteiger partial charge on any atom is 0.416 e. The molecule has 0 bridgehead atoms. The highest BCUT2D eigenvalue weighted by Gasteiger charge is 2.31. The summed E-state index contributed by atoms with van der Waals surface area (Å²) in [6, 6.07) is 14.5. The van der Waals surface area contributed by atoms with E-state index in [1.807, 2.05) is 18.2 Å². The topological polar surface area (TPSA) is 42.4 Å². The first kappa shape index (κ1) is 22.8. The van der Waals surface area contributed by atoms with E-state index in [-0.39, 0.29) is 12.3 Å². The molecule has 0 amide bonds. The van der Waals surface area contributed by atoms with Crippen molar-refractivity contribution in [1.82, 2.24) is 4.98 Å². The molecule has 0 aliphatic carbocycles. The third kappa shape index (κ3) is 5.44. The number of nitrogens with zero attached hydrogens (tertiary/aromatic N) is 1. The Morgan fingerprint density at radius 3 is 2.42 bits per heavy atom. The summed E-state index contributed by atoms with van der Waals surface area (Å²) in [6.45, 7) is 4.10. The molecule has 1 unspecified atom stereocenters. The van der Waals surface area contributed by atoms with Crippen LogP contribution in [0, 0.1) is 6.42 Å². The van der Waals surface area contributed by atoms with Crippen molar-refractivity contribution in [3.8, 4) is 16.9 Å². The standard InChI is InChI=1S/C25H25F3NO2/c1-16(2)17-8-12-24(31-3)21(15-17)20-10-9-19(25(26,27)28)14-18(20)7-11-23(30)22-6-4-5-13-29-22/h4-10,12-16,23,30H,11H2,1-3H3. The number of rotatable bonds is 7. The number of pyridine rings is 1. The molecule has 1 aromatic heterocycles. The van der Waals surface area contributed by atoms with Crippen LogP contribution in [0.4, 0.5) is 13.2 Å². The average Bonchev–Trinajstić information content (AvgIpc) is 2.76. The second kappa shape index (κ2) is 9.52. The van der Waals surface area contributed by atoms with Gasteiger partial charge in [0.05, 0.1) is 24.5 Å². The van der Waals surface area contributed by atoms with Crippen LogP contribution in [-0.2, 0) is 6.18 Å². The van der Waals surface area contributed by atoms with Crippen LogP contribution in [0.3, 0.4) is 0 Å². The van der Waals surface area contributed by atoms with Crippen molar-refractivity contribution in [1.29, 1.82) is 0 Å². The summed E-state index contributed by atoms with van der Waals surface area (Å²) in [4.78, 5) is 4.12. The second-order valence-electron chi connectivity index (χ2n) is 7.62. The first-order valence-corrected chi connectivity index (χ1v) is 10.0. The summed E-state index contributed by atoms with van der Waals surface area (Å²) in [7, 11) is 1.53. The average molecular weight is 428 g/mol. The molecular weight excluding hydrogens is 403 g/mol. The fourth-order valence-electron chi connectivity index (χ4n) is 3.38. The van der Waals surface area contributed by atoms with Gasteiger partial charge < -0.3 is 9.84 Å². The van der Waals surface area contributed by atoms with Gasteiger partial charge >= 0.3 is 6.18 Å². The van der Waals surface area contributed by atoms with Gasteiger partial charge in [0, 0.05) is 11.8 Å². The Bertz CT molecular complexity index is 1020. The third-order valence-electron chi connectivity index (χ3n) is 5.15. The van der Waals surface area contributed by atoms with Crippen LogP contribution in [0.25, 0.3) is 11.1 Å². The summed E-state index contributed by atoms with van der Waals surface area (Å²) in [6.07, 6.45) is -2.09. The minimum atomic E-state index is -4.47. The SMILES string of the molecule is COc1ccc(C(C)C)cc1-c1ccc(C(F)(F)F)cc1[CH]CC(O)c1ccccn1. The van der Waals surface area contributed by atoms with E-state index in [2.05, 4.69) is 18.8 Å². The van der Waals surface area contributed by atoms with E-state index in [1.165, 1.54) is 13.2 Å². The molecule has 0 aliphatic rings. The highest BCUT2D eigenvalue weighted by Crippen LogP contribution is 2.39. The van der Waals surface area contributed by atoms with Crippen molar-refractivity contribution in [2.75, 3.05) is 7.11 Å². The molecular formula is C25H25F3NO2. The van der Waals surface area contributed by atoms with Crippen molar-refractivity contribution in [3.63, 3.8) is 0 Å². The molecule has 0 spiro atoms. The number of hydrogen-bond donors (Lipinski definition) is 1. The molecule has 0 saturated heterocycles. The van der Waals surface area contributed by atoms with Crippen LogP contribution in [-0.4, -0.2) is 17.2 Å². The van der Waals surface area contributed by atoms with Gasteiger partial charge in [0.15, 0.2) is 0 Å². The lowest BCUT2D eigenvalue weighted by molar-refractivity contribution is -0.137. The van der Waals surface area contributed by atoms with E-state index in [4.69, 9.17) is 4.74 Å². The van der Waals surface area contributed by atoms with E-state index in [0.29, 0.717) is 28.1 Å². The molecule has 3 nitrogen and oxygen atoms in total. The molecule has 3 aromatic rings. The van der Waals surface area contributed by atoms with E-state index < -0.39 is 17.8 Å². The Kier molecular flexibility index (Phi) is 7.01. The van der Waals surface area contributed by atoms with Gasteiger partial charge in [-0.05, 0) is 71.8 Å². The third-order valence-corrected chi connectivity index (χ3v) is 5.15. The first-order chi connectivity index (χ1) is 14.7. The van der Waals surface area contributed by atoms with Crippen LogP contribution in [0.15, 0.2) is 60.8 Å². The van der Waals surface area contributed by atoms with Crippen LogP contribution < -0.4 is 4.74 Å². The maximum atomic E-state index is 13.4. The minimum absolute atomic E-state index is 0.123. The number of ether oxygens (including phenoxy) is 1. The lowest BCUT2D eigenvalue weighted by Crippen LogP contribution is -2.07. The van der Waals surface area contributed by atoms with Gasteiger partial charge in [-0.25, -0.2) is 0 Å². The molecule has 2 aromatic carbocycles. The number of aromatic nitrogens is 1. The molecule has 31 heavy (non-hydrogen) atoms. The molecule has 1 radical (unpaired) electrons. The van der Waals surface area contributed by atoms with Gasteiger partial charge in [-0.2, -0.15) is 13.2 Å². The molecule has 1 atom stereocenters. The number of aliphatic hydroxyl groups excluding tert-OH is 1. The molecule has 0 fully saturated rings. The molecule has 163 valence electrons. The zero-order valence-corrected chi connectivity index (χ0v) is 17.6. The molecule has 6 heteroatoms. The number of methoxy groups -OCH3 is 1. The van der Waals surface area contributed by atoms with Crippen molar-refractivity contribution < 1.29 is 23.0 Å². The van der Waals surface area contributed by atoms with Gasteiger partial charge in [0.25, 0.3) is 0 Å². The molecule has 1 heterocycles. The van der Waals surface area contributed by atoms with Crippen LogP contribution in [0.5, 0.6) is 5.75 Å². The van der Waals surface area contributed by atoms with E-state index in [1.54, 1.807) is 30.8 Å². The highest BCUT2D eigenvalue weighted by molar-refractivity contribution is 5.76. The Morgan fingerprint density at radius 2 is 1.81 bits per heavy atom. The van der Waals surface area contributed by atoms with E-state index in [0.717, 1.165) is 17.7 Å². The minimum Gasteiger partial charge on any atom is -0.496 e. The van der Waals surface area contributed by atoms with E-state index >= 15 is 0 Å². The van der Waals surface area contributed by atoms with Crippen LogP contribution in [0.2, 0.25) is 0 Å². The molecule has 1 N–H and O–H groups in total. The number of alkyl halides is 3. The van der Waals surface area contributed by atoms with Crippen LogP contribution in [0.1, 0.15) is 54.7 Å². The van der Waals surface area contributed by atoms with Gasteiger partial charge in [0.1, 0.15) is 5.75 Å². The smallest absolute Gasteiger partial charge is 0.416 e. The molecule has 3 rings (SSSR count). The van der Waals surface area contributed by atoms with Crippen molar-refractivity contribution in [2.24, 2.45) is 0 Å². The molecule has 0 aliphatic heterocycles. The van der Waals surface area contributed by atoms with Crippen LogP contribution >= 0.6 is 0 Å². The summed E-state index contributed by atoms with van der Waals surface area (Å²) in [5.74, 6) is 0.821. The zero-order valence-electron chi connectivity index (χ0n) is 17.6. The number of hydrogen-bond acceptors (Lipinski definition) is 3. The van der Waals surface area contributed by atoms with Crippen molar-refractivity contribution >= 4 is 0 Å². The quantitative estimate of drug-likeness (QED) is 0.462. The number of benzene rings is 2. The monoisotopic (exact) mass is 428 g/mol. The maximum absolute atomic E-state index is 13.4. The van der Waals surface area contributed by atoms with Crippen molar-refractivity contribution in [3.05, 3.63) is 89.6 Å². The Balaban J connectivity index is 2.03.